The van der Waals surface area contributed by atoms with E-state index in [4.69, 9.17) is 10.5 Å². The summed E-state index contributed by atoms with van der Waals surface area (Å²) in [5, 5.41) is 4.81. The second kappa shape index (κ2) is 9.55. The van der Waals surface area contributed by atoms with Gasteiger partial charge in [0.1, 0.15) is 17.3 Å². The Hall–Kier alpha value is -4.71. The first-order valence-electron chi connectivity index (χ1n) is 11.6. The SMILES string of the molecule is Cc1cc2cc(C(=O)c3cnn(-c4ccc(Oc5ccccc5F)c(C)c4F)c3N)[nH]c2cc1NS(C)(=O)=O. The first kappa shape index (κ1) is 25.9. The zero-order valence-electron chi connectivity index (χ0n) is 21.0. The molecule has 0 unspecified atom stereocenters. The van der Waals surface area contributed by atoms with Gasteiger partial charge in [-0.15, -0.1) is 0 Å². The maximum Gasteiger partial charge on any atom is 0.229 e. The second-order valence-electron chi connectivity index (χ2n) is 9.05. The van der Waals surface area contributed by atoms with Crippen molar-refractivity contribution < 1.29 is 26.7 Å². The molecule has 5 rings (SSSR count). The molecule has 200 valence electrons. The highest BCUT2D eigenvalue weighted by Crippen LogP contribution is 2.33. The molecule has 0 amide bonds. The van der Waals surface area contributed by atoms with E-state index in [1.165, 1.54) is 43.5 Å². The Balaban J connectivity index is 1.46. The fourth-order valence-corrected chi connectivity index (χ4v) is 4.79. The van der Waals surface area contributed by atoms with Gasteiger partial charge in [-0.05, 0) is 61.9 Å². The molecule has 3 aromatic carbocycles. The fraction of sp³-hybridized carbons (Fsp3) is 0.111. The van der Waals surface area contributed by atoms with Gasteiger partial charge < -0.3 is 15.5 Å². The number of benzene rings is 3. The van der Waals surface area contributed by atoms with Gasteiger partial charge in [-0.25, -0.2) is 21.9 Å². The number of nitrogens with zero attached hydrogens (tertiary/aromatic N) is 2. The van der Waals surface area contributed by atoms with Crippen LogP contribution in [0.5, 0.6) is 11.5 Å². The summed E-state index contributed by atoms with van der Waals surface area (Å²) in [6.07, 6.45) is 2.29. The zero-order chi connectivity index (χ0) is 28.1. The van der Waals surface area contributed by atoms with Crippen LogP contribution in [-0.4, -0.2) is 35.2 Å². The van der Waals surface area contributed by atoms with Crippen molar-refractivity contribution in [3.8, 4) is 17.2 Å². The number of nitrogen functional groups attached to an aromatic ring is 1. The molecule has 4 N–H and O–H groups in total. The summed E-state index contributed by atoms with van der Waals surface area (Å²) in [6, 6.07) is 13.6. The number of H-pyrrole nitrogens is 1. The number of halogens is 2. The van der Waals surface area contributed by atoms with Crippen LogP contribution in [0.3, 0.4) is 0 Å². The molecular weight excluding hydrogens is 528 g/mol. The van der Waals surface area contributed by atoms with E-state index < -0.39 is 27.4 Å². The zero-order valence-corrected chi connectivity index (χ0v) is 21.9. The van der Waals surface area contributed by atoms with E-state index in [-0.39, 0.29) is 39.8 Å². The van der Waals surface area contributed by atoms with Crippen molar-refractivity contribution in [3.05, 3.63) is 94.8 Å². The molecule has 0 radical (unpaired) electrons. The van der Waals surface area contributed by atoms with Crippen LogP contribution in [0, 0.1) is 25.5 Å². The highest BCUT2D eigenvalue weighted by atomic mass is 32.2. The van der Waals surface area contributed by atoms with E-state index in [2.05, 4.69) is 14.8 Å². The summed E-state index contributed by atoms with van der Waals surface area (Å²) in [6.45, 7) is 3.22. The van der Waals surface area contributed by atoms with Gasteiger partial charge in [-0.3, -0.25) is 9.52 Å². The number of carbonyl (C=O) groups is 1. The molecule has 0 spiro atoms. The lowest BCUT2D eigenvalue weighted by Crippen LogP contribution is -2.10. The number of nitrogens with two attached hydrogens (primary N) is 1. The molecule has 0 saturated carbocycles. The summed E-state index contributed by atoms with van der Waals surface area (Å²) in [7, 11) is -3.49. The van der Waals surface area contributed by atoms with Gasteiger partial charge in [0, 0.05) is 16.5 Å². The second-order valence-corrected chi connectivity index (χ2v) is 10.8. The first-order chi connectivity index (χ1) is 18.4. The number of para-hydroxylation sites is 1. The van der Waals surface area contributed by atoms with Gasteiger partial charge in [0.15, 0.2) is 17.4 Å². The number of anilines is 2. The van der Waals surface area contributed by atoms with Gasteiger partial charge in [0.25, 0.3) is 0 Å². The molecule has 0 saturated heterocycles. The van der Waals surface area contributed by atoms with Gasteiger partial charge in [0.2, 0.25) is 15.8 Å². The number of hydrogen-bond acceptors (Lipinski definition) is 6. The van der Waals surface area contributed by atoms with Crippen molar-refractivity contribution in [1.29, 1.82) is 0 Å². The highest BCUT2D eigenvalue weighted by Gasteiger charge is 2.23. The van der Waals surface area contributed by atoms with Gasteiger partial charge >= 0.3 is 0 Å². The van der Waals surface area contributed by atoms with Crippen molar-refractivity contribution in [1.82, 2.24) is 14.8 Å². The third-order valence-corrected chi connectivity index (χ3v) is 6.75. The molecular formula is C27H23F2N5O4S. The van der Waals surface area contributed by atoms with Crippen LogP contribution in [0.15, 0.2) is 60.8 Å². The Morgan fingerprint density at radius 1 is 1.08 bits per heavy atom. The van der Waals surface area contributed by atoms with Crippen LogP contribution in [0.2, 0.25) is 0 Å². The van der Waals surface area contributed by atoms with Crippen LogP contribution in [0.25, 0.3) is 16.6 Å². The van der Waals surface area contributed by atoms with E-state index >= 15 is 4.39 Å². The summed E-state index contributed by atoms with van der Waals surface area (Å²) < 4.78 is 61.8. The number of carbonyl (C=O) groups excluding carboxylic acids is 1. The molecule has 0 atom stereocenters. The van der Waals surface area contributed by atoms with E-state index in [1.54, 1.807) is 31.2 Å². The Labute approximate surface area is 222 Å². The van der Waals surface area contributed by atoms with Crippen LogP contribution in [-0.2, 0) is 10.0 Å². The normalized spacial score (nSPS) is 11.6. The van der Waals surface area contributed by atoms with E-state index in [1.807, 2.05) is 0 Å². The van der Waals surface area contributed by atoms with Crippen LogP contribution in [0.1, 0.15) is 27.2 Å². The molecule has 5 aromatic rings. The third-order valence-electron chi connectivity index (χ3n) is 6.16. The third kappa shape index (κ3) is 4.93. The number of hydrogen-bond donors (Lipinski definition) is 3. The summed E-state index contributed by atoms with van der Waals surface area (Å²) >= 11 is 0. The Morgan fingerprint density at radius 2 is 1.82 bits per heavy atom. The predicted octanol–water partition coefficient (Wildman–Crippen LogP) is 5.23. The molecule has 0 aliphatic rings. The molecule has 2 heterocycles. The molecule has 0 aliphatic heterocycles. The lowest BCUT2D eigenvalue weighted by atomic mass is 10.1. The summed E-state index contributed by atoms with van der Waals surface area (Å²) in [4.78, 5) is 16.3. The standard InChI is InChI=1S/C27H23F2N5O4S/c1-14-10-16-11-21(32-20(16)12-19(14)33-39(3,36)37)26(35)17-13-31-34(27(17)30)22-8-9-23(15(2)25(22)29)38-24-7-5-4-6-18(24)28/h4-13,32-33H,30H2,1-3H3. The average Bonchev–Trinajstić information content (AvgIpc) is 3.45. The number of sulfonamides is 1. The number of ether oxygens (including phenoxy) is 1. The van der Waals surface area contributed by atoms with Gasteiger partial charge in [-0.1, -0.05) is 12.1 Å². The van der Waals surface area contributed by atoms with Crippen molar-refractivity contribution >= 4 is 38.2 Å². The number of nitrogens with one attached hydrogen (secondary N) is 2. The highest BCUT2D eigenvalue weighted by molar-refractivity contribution is 7.92. The van der Waals surface area contributed by atoms with E-state index in [0.717, 1.165) is 10.9 Å². The Bertz CT molecular complexity index is 1880. The fourth-order valence-electron chi connectivity index (χ4n) is 4.17. The van der Waals surface area contributed by atoms with Crippen LogP contribution in [0.4, 0.5) is 20.3 Å². The van der Waals surface area contributed by atoms with E-state index in [9.17, 15) is 17.6 Å². The average molecular weight is 552 g/mol. The van der Waals surface area contributed by atoms with Crippen molar-refractivity contribution in [2.75, 3.05) is 16.7 Å². The van der Waals surface area contributed by atoms with E-state index in [0.29, 0.717) is 22.2 Å². The number of ketones is 1. The molecule has 0 fully saturated rings. The number of aryl methyl sites for hydroxylation is 1. The molecule has 2 aromatic heterocycles. The molecule has 9 nitrogen and oxygen atoms in total. The Kier molecular flexibility index (Phi) is 6.35. The molecule has 12 heteroatoms. The lowest BCUT2D eigenvalue weighted by molar-refractivity contribution is 0.103. The van der Waals surface area contributed by atoms with Gasteiger partial charge in [0.05, 0.1) is 29.4 Å². The smallest absolute Gasteiger partial charge is 0.229 e. The predicted molar refractivity (Wildman–Crippen MR) is 144 cm³/mol. The maximum absolute atomic E-state index is 15.4. The van der Waals surface area contributed by atoms with Crippen LogP contribution < -0.4 is 15.2 Å². The number of fused-ring (bicyclic) bond motifs is 1. The topological polar surface area (TPSA) is 132 Å². The first-order valence-corrected chi connectivity index (χ1v) is 13.5. The minimum Gasteiger partial charge on any atom is -0.454 e. The molecule has 0 bridgehead atoms. The molecule has 39 heavy (non-hydrogen) atoms. The Morgan fingerprint density at radius 3 is 2.54 bits per heavy atom. The van der Waals surface area contributed by atoms with Crippen molar-refractivity contribution in [2.45, 2.75) is 13.8 Å². The van der Waals surface area contributed by atoms with Gasteiger partial charge in [-0.2, -0.15) is 5.10 Å². The van der Waals surface area contributed by atoms with Crippen molar-refractivity contribution in [2.24, 2.45) is 0 Å². The quantitative estimate of drug-likeness (QED) is 0.238. The maximum atomic E-state index is 15.4. The van der Waals surface area contributed by atoms with Crippen LogP contribution >= 0.6 is 0 Å². The monoisotopic (exact) mass is 551 g/mol. The number of aromatic amines is 1. The largest absolute Gasteiger partial charge is 0.454 e. The number of rotatable bonds is 7. The number of aromatic nitrogens is 3. The minimum atomic E-state index is -3.49. The molecule has 0 aliphatic carbocycles. The summed E-state index contributed by atoms with van der Waals surface area (Å²) in [5.41, 5.74) is 8.13. The van der Waals surface area contributed by atoms with Crippen molar-refractivity contribution in [3.63, 3.8) is 0 Å². The minimum absolute atomic E-state index is 0.0197. The lowest BCUT2D eigenvalue weighted by Gasteiger charge is -2.13. The summed E-state index contributed by atoms with van der Waals surface area (Å²) in [5.74, 6) is -1.80.